The minimum absolute atomic E-state index is 0.433. The Bertz CT molecular complexity index is 677. The van der Waals surface area contributed by atoms with Gasteiger partial charge >= 0.3 is 0 Å². The predicted molar refractivity (Wildman–Crippen MR) is 67.8 cm³/mol. The molecule has 0 spiro atoms. The maximum Gasteiger partial charge on any atom is 0.133 e. The summed E-state index contributed by atoms with van der Waals surface area (Å²) in [7, 11) is 0. The summed E-state index contributed by atoms with van der Waals surface area (Å²) in [5.74, 6) is 0. The fourth-order valence-electron chi connectivity index (χ4n) is 1.80. The molecule has 3 rings (SSSR count). The Labute approximate surface area is 103 Å². The molecule has 0 radical (unpaired) electrons. The van der Waals surface area contributed by atoms with Crippen molar-refractivity contribution in [2.24, 2.45) is 0 Å². The molecule has 0 amide bonds. The van der Waals surface area contributed by atoms with E-state index in [0.717, 1.165) is 22.0 Å². The van der Waals surface area contributed by atoms with Gasteiger partial charge in [-0.3, -0.25) is 4.98 Å². The predicted octanol–water partition coefficient (Wildman–Crippen LogP) is 3.35. The first-order valence-corrected chi connectivity index (χ1v) is 5.53. The summed E-state index contributed by atoms with van der Waals surface area (Å²) in [6.07, 6.45) is 5.09. The molecular weight excluding hydrogens is 234 g/mol. The number of aromatic nitrogens is 3. The standard InChI is InChI=1S/C13H8ClN3/c14-13-5-12(16-8-17-13)11-7-15-6-9-3-1-2-4-10(9)11/h1-8H. The van der Waals surface area contributed by atoms with Gasteiger partial charge in [-0.15, -0.1) is 0 Å². The lowest BCUT2D eigenvalue weighted by atomic mass is 10.1. The number of nitrogens with zero attached hydrogens (tertiary/aromatic N) is 3. The highest BCUT2D eigenvalue weighted by Gasteiger charge is 2.05. The molecule has 82 valence electrons. The van der Waals surface area contributed by atoms with Crippen LogP contribution in [-0.4, -0.2) is 15.0 Å². The summed E-state index contributed by atoms with van der Waals surface area (Å²) < 4.78 is 0. The molecule has 3 aromatic rings. The van der Waals surface area contributed by atoms with E-state index in [9.17, 15) is 0 Å². The van der Waals surface area contributed by atoms with Gasteiger partial charge in [0.2, 0.25) is 0 Å². The minimum Gasteiger partial charge on any atom is -0.263 e. The summed E-state index contributed by atoms with van der Waals surface area (Å²) in [4.78, 5) is 12.3. The molecule has 0 aliphatic rings. The Hall–Kier alpha value is -2.00. The van der Waals surface area contributed by atoms with E-state index in [2.05, 4.69) is 15.0 Å². The zero-order valence-electron chi connectivity index (χ0n) is 8.84. The van der Waals surface area contributed by atoms with Crippen LogP contribution in [0.5, 0.6) is 0 Å². The van der Waals surface area contributed by atoms with Gasteiger partial charge in [0, 0.05) is 29.4 Å². The van der Waals surface area contributed by atoms with Crippen LogP contribution in [0.1, 0.15) is 0 Å². The van der Waals surface area contributed by atoms with Crippen molar-refractivity contribution >= 4 is 22.4 Å². The molecule has 0 atom stereocenters. The Morgan fingerprint density at radius 1 is 1.00 bits per heavy atom. The third kappa shape index (κ3) is 1.85. The molecule has 3 nitrogen and oxygen atoms in total. The molecule has 17 heavy (non-hydrogen) atoms. The quantitative estimate of drug-likeness (QED) is 0.614. The van der Waals surface area contributed by atoms with E-state index in [-0.39, 0.29) is 0 Å². The highest BCUT2D eigenvalue weighted by Crippen LogP contribution is 2.26. The van der Waals surface area contributed by atoms with Crippen LogP contribution in [0.4, 0.5) is 0 Å². The van der Waals surface area contributed by atoms with E-state index in [1.807, 2.05) is 30.5 Å². The second-order valence-electron chi connectivity index (χ2n) is 3.63. The van der Waals surface area contributed by atoms with Crippen molar-refractivity contribution < 1.29 is 0 Å². The van der Waals surface area contributed by atoms with Crippen molar-refractivity contribution in [2.45, 2.75) is 0 Å². The van der Waals surface area contributed by atoms with Gasteiger partial charge in [-0.2, -0.15) is 0 Å². The van der Waals surface area contributed by atoms with Crippen molar-refractivity contribution in [2.75, 3.05) is 0 Å². The highest BCUT2D eigenvalue weighted by molar-refractivity contribution is 6.29. The molecule has 0 unspecified atom stereocenters. The Balaban J connectivity index is 2.30. The summed E-state index contributed by atoms with van der Waals surface area (Å²) in [6.45, 7) is 0. The zero-order chi connectivity index (χ0) is 11.7. The van der Waals surface area contributed by atoms with Gasteiger partial charge in [0.15, 0.2) is 0 Å². The van der Waals surface area contributed by atoms with Gasteiger partial charge in [-0.05, 0) is 5.39 Å². The van der Waals surface area contributed by atoms with Crippen LogP contribution in [0, 0.1) is 0 Å². The number of hydrogen-bond acceptors (Lipinski definition) is 3. The Morgan fingerprint density at radius 2 is 1.88 bits per heavy atom. The van der Waals surface area contributed by atoms with Crippen LogP contribution in [0.3, 0.4) is 0 Å². The maximum absolute atomic E-state index is 5.87. The van der Waals surface area contributed by atoms with Crippen molar-refractivity contribution in [3.63, 3.8) is 0 Å². The van der Waals surface area contributed by atoms with Crippen LogP contribution in [0.15, 0.2) is 49.1 Å². The number of pyridine rings is 1. The molecule has 0 saturated heterocycles. The second-order valence-corrected chi connectivity index (χ2v) is 4.02. The van der Waals surface area contributed by atoms with Crippen molar-refractivity contribution in [3.05, 3.63) is 54.2 Å². The zero-order valence-corrected chi connectivity index (χ0v) is 9.59. The largest absolute Gasteiger partial charge is 0.263 e. The molecule has 1 aromatic carbocycles. The van der Waals surface area contributed by atoms with Gasteiger partial charge < -0.3 is 0 Å². The lowest BCUT2D eigenvalue weighted by Gasteiger charge is -2.04. The molecule has 0 aliphatic carbocycles. The summed E-state index contributed by atoms with van der Waals surface area (Å²) in [5.41, 5.74) is 1.75. The molecule has 0 bridgehead atoms. The lowest BCUT2D eigenvalue weighted by molar-refractivity contribution is 1.17. The third-order valence-electron chi connectivity index (χ3n) is 2.58. The van der Waals surface area contributed by atoms with E-state index in [0.29, 0.717) is 5.15 Å². The molecule has 2 heterocycles. The molecule has 4 heteroatoms. The van der Waals surface area contributed by atoms with E-state index < -0.39 is 0 Å². The summed E-state index contributed by atoms with van der Waals surface area (Å²) >= 11 is 5.87. The van der Waals surface area contributed by atoms with Crippen LogP contribution in [-0.2, 0) is 0 Å². The van der Waals surface area contributed by atoms with Crippen LogP contribution >= 0.6 is 11.6 Å². The van der Waals surface area contributed by atoms with Gasteiger partial charge in [-0.1, -0.05) is 35.9 Å². The first kappa shape index (κ1) is 10.2. The van der Waals surface area contributed by atoms with Gasteiger partial charge in [0.05, 0.1) is 5.69 Å². The Morgan fingerprint density at radius 3 is 2.76 bits per heavy atom. The van der Waals surface area contributed by atoms with Crippen LogP contribution < -0.4 is 0 Å². The summed E-state index contributed by atoms with van der Waals surface area (Å²) in [6, 6.07) is 9.79. The number of benzene rings is 1. The topological polar surface area (TPSA) is 38.7 Å². The minimum atomic E-state index is 0.433. The van der Waals surface area contributed by atoms with Crippen molar-refractivity contribution in [1.29, 1.82) is 0 Å². The normalized spacial score (nSPS) is 10.6. The van der Waals surface area contributed by atoms with E-state index in [4.69, 9.17) is 11.6 Å². The van der Waals surface area contributed by atoms with Gasteiger partial charge in [0.25, 0.3) is 0 Å². The number of fused-ring (bicyclic) bond motifs is 1. The van der Waals surface area contributed by atoms with Crippen molar-refractivity contribution in [1.82, 2.24) is 15.0 Å². The molecule has 2 aromatic heterocycles. The first-order chi connectivity index (χ1) is 8.34. The molecule has 0 N–H and O–H groups in total. The van der Waals surface area contributed by atoms with Gasteiger partial charge in [0.1, 0.15) is 11.5 Å². The average molecular weight is 242 g/mol. The molecule has 0 aliphatic heterocycles. The maximum atomic E-state index is 5.87. The molecular formula is C13H8ClN3. The number of rotatable bonds is 1. The van der Waals surface area contributed by atoms with E-state index in [1.165, 1.54) is 6.33 Å². The van der Waals surface area contributed by atoms with E-state index >= 15 is 0 Å². The highest BCUT2D eigenvalue weighted by atomic mass is 35.5. The Kier molecular flexibility index (Phi) is 2.46. The molecule has 0 fully saturated rings. The molecule has 0 saturated carbocycles. The van der Waals surface area contributed by atoms with Crippen molar-refractivity contribution in [3.8, 4) is 11.3 Å². The second kappa shape index (κ2) is 4.11. The number of hydrogen-bond donors (Lipinski definition) is 0. The third-order valence-corrected chi connectivity index (χ3v) is 2.78. The van der Waals surface area contributed by atoms with Crippen LogP contribution in [0.25, 0.3) is 22.0 Å². The smallest absolute Gasteiger partial charge is 0.133 e. The monoisotopic (exact) mass is 241 g/mol. The van der Waals surface area contributed by atoms with Gasteiger partial charge in [-0.25, -0.2) is 9.97 Å². The summed E-state index contributed by atoms with van der Waals surface area (Å²) in [5, 5.41) is 2.62. The first-order valence-electron chi connectivity index (χ1n) is 5.15. The lowest BCUT2D eigenvalue weighted by Crippen LogP contribution is -1.88. The average Bonchev–Trinajstić information content (AvgIpc) is 2.38. The fraction of sp³-hybridized carbons (Fsp3) is 0. The fourth-order valence-corrected chi connectivity index (χ4v) is 1.95. The number of halogens is 1. The van der Waals surface area contributed by atoms with Crippen LogP contribution in [0.2, 0.25) is 5.15 Å². The van der Waals surface area contributed by atoms with E-state index in [1.54, 1.807) is 12.3 Å². The SMILES string of the molecule is Clc1cc(-c2cncc3ccccc23)ncn1.